The predicted octanol–water partition coefficient (Wildman–Crippen LogP) is 5.01. The van der Waals surface area contributed by atoms with Crippen LogP contribution in [0, 0.1) is 19.8 Å². The van der Waals surface area contributed by atoms with Gasteiger partial charge in [0.1, 0.15) is 0 Å². The van der Waals surface area contributed by atoms with E-state index in [1.54, 1.807) is 0 Å². The number of aryl methyl sites for hydroxylation is 1. The lowest BCUT2D eigenvalue weighted by Gasteiger charge is -2.14. The highest BCUT2D eigenvalue weighted by molar-refractivity contribution is 7.99. The van der Waals surface area contributed by atoms with Crippen molar-refractivity contribution in [1.29, 1.82) is 0 Å². The Kier molecular flexibility index (Phi) is 6.71. The first kappa shape index (κ1) is 19.6. The van der Waals surface area contributed by atoms with E-state index in [-0.39, 0.29) is 5.91 Å². The summed E-state index contributed by atoms with van der Waals surface area (Å²) in [6, 6.07) is 7.99. The van der Waals surface area contributed by atoms with E-state index in [0.29, 0.717) is 17.6 Å². The molecule has 0 fully saturated rings. The fourth-order valence-corrected chi connectivity index (χ4v) is 3.65. The molecule has 136 valence electrons. The van der Waals surface area contributed by atoms with E-state index >= 15 is 0 Å². The van der Waals surface area contributed by atoms with E-state index in [1.807, 2.05) is 25.1 Å². The molecule has 0 saturated heterocycles. The molecular weight excluding hydrogens is 330 g/mol. The minimum absolute atomic E-state index is 0.00695. The molecule has 4 nitrogen and oxygen atoms in total. The van der Waals surface area contributed by atoms with Crippen LogP contribution in [0.15, 0.2) is 29.4 Å². The van der Waals surface area contributed by atoms with Gasteiger partial charge in [0.15, 0.2) is 5.16 Å². The first-order valence-electron chi connectivity index (χ1n) is 8.84. The van der Waals surface area contributed by atoms with Gasteiger partial charge < -0.3 is 9.88 Å². The molecular formula is C20H29N3OS. The molecule has 0 bridgehead atoms. The van der Waals surface area contributed by atoms with Gasteiger partial charge in [-0.3, -0.25) is 4.79 Å². The van der Waals surface area contributed by atoms with Crippen LogP contribution in [0.3, 0.4) is 0 Å². The quantitative estimate of drug-likeness (QED) is 0.707. The third-order valence-electron chi connectivity index (χ3n) is 4.16. The zero-order valence-corrected chi connectivity index (χ0v) is 16.9. The van der Waals surface area contributed by atoms with Crippen molar-refractivity contribution in [2.75, 3.05) is 11.1 Å². The Labute approximate surface area is 155 Å². The second kappa shape index (κ2) is 8.56. The number of hydrogen-bond donors (Lipinski definition) is 1. The molecule has 2 aromatic rings. The number of imidazole rings is 1. The van der Waals surface area contributed by atoms with Gasteiger partial charge in [-0.25, -0.2) is 4.98 Å². The molecule has 0 aliphatic rings. The molecule has 0 spiro atoms. The second-order valence-electron chi connectivity index (χ2n) is 7.15. The Morgan fingerprint density at radius 1 is 1.20 bits per heavy atom. The molecule has 5 heteroatoms. The van der Waals surface area contributed by atoms with Gasteiger partial charge in [-0.05, 0) is 37.3 Å². The van der Waals surface area contributed by atoms with Crippen LogP contribution in [-0.2, 0) is 11.3 Å². The van der Waals surface area contributed by atoms with E-state index in [0.717, 1.165) is 28.6 Å². The maximum Gasteiger partial charge on any atom is 0.234 e. The number of amides is 1. The first-order valence-corrected chi connectivity index (χ1v) is 9.83. The number of para-hydroxylation sites is 1. The summed E-state index contributed by atoms with van der Waals surface area (Å²) < 4.78 is 2.22. The van der Waals surface area contributed by atoms with Crippen molar-refractivity contribution in [3.63, 3.8) is 0 Å². The summed E-state index contributed by atoms with van der Waals surface area (Å²) in [5.41, 5.74) is 4.28. The summed E-state index contributed by atoms with van der Waals surface area (Å²) >= 11 is 1.51. The van der Waals surface area contributed by atoms with Crippen molar-refractivity contribution in [1.82, 2.24) is 9.55 Å². The van der Waals surface area contributed by atoms with Gasteiger partial charge >= 0.3 is 0 Å². The van der Waals surface area contributed by atoms with Crippen LogP contribution in [0.4, 0.5) is 5.69 Å². The highest BCUT2D eigenvalue weighted by atomic mass is 32.2. The van der Waals surface area contributed by atoms with Gasteiger partial charge in [0.25, 0.3) is 0 Å². The smallest absolute Gasteiger partial charge is 0.234 e. The summed E-state index contributed by atoms with van der Waals surface area (Å²) in [5, 5.41) is 3.97. The van der Waals surface area contributed by atoms with Crippen LogP contribution in [0.5, 0.6) is 0 Å². The van der Waals surface area contributed by atoms with Crippen molar-refractivity contribution in [2.24, 2.45) is 5.92 Å². The zero-order chi connectivity index (χ0) is 18.6. The number of benzene rings is 1. The van der Waals surface area contributed by atoms with Crippen LogP contribution in [0.25, 0.3) is 0 Å². The summed E-state index contributed by atoms with van der Waals surface area (Å²) in [6.45, 7) is 13.7. The molecule has 1 heterocycles. The molecule has 0 radical (unpaired) electrons. The Morgan fingerprint density at radius 3 is 2.52 bits per heavy atom. The molecule has 1 amide bonds. The Morgan fingerprint density at radius 2 is 1.88 bits per heavy atom. The summed E-state index contributed by atoms with van der Waals surface area (Å²) in [7, 11) is 0. The predicted molar refractivity (Wildman–Crippen MR) is 106 cm³/mol. The zero-order valence-electron chi connectivity index (χ0n) is 16.1. The molecule has 2 rings (SSSR count). The molecule has 25 heavy (non-hydrogen) atoms. The molecule has 1 aromatic heterocycles. The van der Waals surface area contributed by atoms with E-state index in [1.165, 1.54) is 17.5 Å². The molecule has 0 atom stereocenters. The lowest BCUT2D eigenvalue weighted by atomic mass is 10.0. The molecule has 0 aliphatic carbocycles. The van der Waals surface area contributed by atoms with Gasteiger partial charge in [-0.1, -0.05) is 57.7 Å². The average Bonchev–Trinajstić information content (AvgIpc) is 2.80. The number of aromatic nitrogens is 2. The molecule has 1 aromatic carbocycles. The van der Waals surface area contributed by atoms with Crippen molar-refractivity contribution in [3.05, 3.63) is 41.2 Å². The topological polar surface area (TPSA) is 46.9 Å². The SMILES string of the molecule is Cc1nc(SCC(=O)Nc2ccccc2C(C)C)n(CC(C)C)c1C. The lowest BCUT2D eigenvalue weighted by molar-refractivity contribution is -0.113. The number of hydrogen-bond acceptors (Lipinski definition) is 3. The number of anilines is 1. The van der Waals surface area contributed by atoms with Crippen LogP contribution >= 0.6 is 11.8 Å². The fourth-order valence-electron chi connectivity index (χ4n) is 2.74. The minimum atomic E-state index is 0.00695. The van der Waals surface area contributed by atoms with Crippen molar-refractivity contribution in [2.45, 2.75) is 59.2 Å². The Bertz CT molecular complexity index is 735. The Balaban J connectivity index is 2.05. The van der Waals surface area contributed by atoms with Gasteiger partial charge in [0.2, 0.25) is 5.91 Å². The third kappa shape index (κ3) is 5.11. The van der Waals surface area contributed by atoms with Gasteiger partial charge in [-0.2, -0.15) is 0 Å². The largest absolute Gasteiger partial charge is 0.325 e. The van der Waals surface area contributed by atoms with E-state index < -0.39 is 0 Å². The lowest BCUT2D eigenvalue weighted by Crippen LogP contribution is -2.16. The average molecular weight is 360 g/mol. The van der Waals surface area contributed by atoms with Crippen LogP contribution in [0.1, 0.15) is 50.6 Å². The third-order valence-corrected chi connectivity index (χ3v) is 5.14. The van der Waals surface area contributed by atoms with E-state index in [2.05, 4.69) is 55.6 Å². The number of nitrogens with zero attached hydrogens (tertiary/aromatic N) is 2. The maximum absolute atomic E-state index is 12.4. The summed E-state index contributed by atoms with van der Waals surface area (Å²) in [5.74, 6) is 1.28. The number of nitrogens with one attached hydrogen (secondary N) is 1. The van der Waals surface area contributed by atoms with E-state index in [9.17, 15) is 4.79 Å². The number of carbonyl (C=O) groups is 1. The number of carbonyl (C=O) groups excluding carboxylic acids is 1. The fraction of sp³-hybridized carbons (Fsp3) is 0.500. The second-order valence-corrected chi connectivity index (χ2v) is 8.09. The molecule has 0 aliphatic heterocycles. The monoisotopic (exact) mass is 359 g/mol. The van der Waals surface area contributed by atoms with Crippen LogP contribution in [-0.4, -0.2) is 21.2 Å². The van der Waals surface area contributed by atoms with Gasteiger partial charge in [0.05, 0.1) is 11.4 Å². The molecule has 1 N–H and O–H groups in total. The van der Waals surface area contributed by atoms with Crippen LogP contribution < -0.4 is 5.32 Å². The number of thioether (sulfide) groups is 1. The number of rotatable bonds is 7. The van der Waals surface area contributed by atoms with Gasteiger partial charge in [-0.15, -0.1) is 0 Å². The highest BCUT2D eigenvalue weighted by Crippen LogP contribution is 2.25. The highest BCUT2D eigenvalue weighted by Gasteiger charge is 2.15. The Hall–Kier alpha value is -1.75. The van der Waals surface area contributed by atoms with Gasteiger partial charge in [0, 0.05) is 17.9 Å². The molecule has 0 saturated carbocycles. The minimum Gasteiger partial charge on any atom is -0.325 e. The van der Waals surface area contributed by atoms with Crippen molar-refractivity contribution < 1.29 is 4.79 Å². The van der Waals surface area contributed by atoms with Crippen LogP contribution in [0.2, 0.25) is 0 Å². The van der Waals surface area contributed by atoms with Crippen molar-refractivity contribution in [3.8, 4) is 0 Å². The standard InChI is InChI=1S/C20H29N3OS/c1-13(2)11-23-16(6)15(5)21-20(23)25-12-19(24)22-18-10-8-7-9-17(18)14(3)4/h7-10,13-14H,11-12H2,1-6H3,(H,22,24). The summed E-state index contributed by atoms with van der Waals surface area (Å²) in [6.07, 6.45) is 0. The van der Waals surface area contributed by atoms with Crippen molar-refractivity contribution >= 4 is 23.4 Å². The maximum atomic E-state index is 12.4. The normalized spacial score (nSPS) is 11.4. The first-order chi connectivity index (χ1) is 11.8. The van der Waals surface area contributed by atoms with E-state index in [4.69, 9.17) is 0 Å². The molecule has 0 unspecified atom stereocenters. The summed E-state index contributed by atoms with van der Waals surface area (Å²) in [4.78, 5) is 17.1.